The SMILES string of the molecule is CNC1(CC(=O)CC2Cc3ccccc32)CCCCC1. The maximum absolute atomic E-state index is 12.4. The zero-order valence-corrected chi connectivity index (χ0v) is 12.5. The standard InChI is InChI=1S/C18H25NO/c1-19-18(9-5-2-6-10-18)13-16(20)12-15-11-14-7-3-4-8-17(14)15/h3-4,7-8,15,19H,2,5-6,9-13H2,1H3. The van der Waals surface area contributed by atoms with Gasteiger partial charge in [0.2, 0.25) is 0 Å². The Kier molecular flexibility index (Phi) is 3.93. The second-order valence-electron chi connectivity index (χ2n) is 6.61. The van der Waals surface area contributed by atoms with Gasteiger partial charge in [-0.2, -0.15) is 0 Å². The highest BCUT2D eigenvalue weighted by atomic mass is 16.1. The van der Waals surface area contributed by atoms with Crippen LogP contribution in [0.1, 0.15) is 62.0 Å². The molecule has 1 aromatic rings. The van der Waals surface area contributed by atoms with Crippen molar-refractivity contribution in [1.82, 2.24) is 5.32 Å². The van der Waals surface area contributed by atoms with Crippen molar-refractivity contribution in [3.05, 3.63) is 35.4 Å². The fourth-order valence-corrected chi connectivity index (χ4v) is 4.01. The number of carbonyl (C=O) groups excluding carboxylic acids is 1. The highest BCUT2D eigenvalue weighted by Gasteiger charge is 2.34. The van der Waals surface area contributed by atoms with E-state index in [0.717, 1.165) is 32.1 Å². The molecule has 2 aliphatic rings. The van der Waals surface area contributed by atoms with Gasteiger partial charge in [-0.1, -0.05) is 43.5 Å². The number of fused-ring (bicyclic) bond motifs is 1. The van der Waals surface area contributed by atoms with Crippen LogP contribution in [-0.4, -0.2) is 18.4 Å². The molecule has 0 aliphatic heterocycles. The van der Waals surface area contributed by atoms with Crippen molar-refractivity contribution in [3.63, 3.8) is 0 Å². The molecule has 0 saturated heterocycles. The lowest BCUT2D eigenvalue weighted by Crippen LogP contribution is -2.46. The average Bonchev–Trinajstić information content (AvgIpc) is 2.46. The molecule has 2 heteroatoms. The lowest BCUT2D eigenvalue weighted by Gasteiger charge is -2.37. The van der Waals surface area contributed by atoms with Crippen LogP contribution in [0, 0.1) is 0 Å². The number of hydrogen-bond donors (Lipinski definition) is 1. The number of nitrogens with one attached hydrogen (secondary N) is 1. The highest BCUT2D eigenvalue weighted by Crippen LogP contribution is 2.39. The van der Waals surface area contributed by atoms with Crippen molar-refractivity contribution in [2.75, 3.05) is 7.05 Å². The minimum absolute atomic E-state index is 0.0958. The normalized spacial score (nSPS) is 23.8. The van der Waals surface area contributed by atoms with Crippen molar-refractivity contribution in [2.45, 2.75) is 62.8 Å². The lowest BCUT2D eigenvalue weighted by molar-refractivity contribution is -0.121. The predicted molar refractivity (Wildman–Crippen MR) is 82.0 cm³/mol. The average molecular weight is 271 g/mol. The van der Waals surface area contributed by atoms with Crippen LogP contribution in [0.4, 0.5) is 0 Å². The number of benzene rings is 1. The Morgan fingerprint density at radius 3 is 2.70 bits per heavy atom. The summed E-state index contributed by atoms with van der Waals surface area (Å²) < 4.78 is 0. The van der Waals surface area contributed by atoms with E-state index in [4.69, 9.17) is 0 Å². The van der Waals surface area contributed by atoms with Crippen molar-refractivity contribution in [3.8, 4) is 0 Å². The van der Waals surface area contributed by atoms with E-state index < -0.39 is 0 Å². The summed E-state index contributed by atoms with van der Waals surface area (Å²) in [5.41, 5.74) is 2.94. The van der Waals surface area contributed by atoms with Crippen LogP contribution in [0.25, 0.3) is 0 Å². The molecule has 0 aromatic heterocycles. The maximum Gasteiger partial charge on any atom is 0.135 e. The zero-order valence-electron chi connectivity index (χ0n) is 12.5. The van der Waals surface area contributed by atoms with E-state index in [-0.39, 0.29) is 5.54 Å². The Morgan fingerprint density at radius 1 is 1.25 bits per heavy atom. The van der Waals surface area contributed by atoms with Gasteiger partial charge in [-0.25, -0.2) is 0 Å². The van der Waals surface area contributed by atoms with Crippen molar-refractivity contribution >= 4 is 5.78 Å². The predicted octanol–water partition coefficient (Wildman–Crippen LogP) is 3.60. The second-order valence-corrected chi connectivity index (χ2v) is 6.61. The van der Waals surface area contributed by atoms with Crippen LogP contribution in [0.2, 0.25) is 0 Å². The largest absolute Gasteiger partial charge is 0.314 e. The van der Waals surface area contributed by atoms with E-state index in [1.165, 1.54) is 30.4 Å². The minimum Gasteiger partial charge on any atom is -0.314 e. The Labute approximate surface area is 122 Å². The fraction of sp³-hybridized carbons (Fsp3) is 0.611. The van der Waals surface area contributed by atoms with Gasteiger partial charge in [0.1, 0.15) is 5.78 Å². The van der Waals surface area contributed by atoms with Crippen LogP contribution in [-0.2, 0) is 11.2 Å². The van der Waals surface area contributed by atoms with Gasteiger partial charge in [-0.05, 0) is 43.4 Å². The fourth-order valence-electron chi connectivity index (χ4n) is 4.01. The first kappa shape index (κ1) is 13.8. The van der Waals surface area contributed by atoms with Crippen LogP contribution in [0.5, 0.6) is 0 Å². The molecule has 1 saturated carbocycles. The Balaban J connectivity index is 1.58. The number of Topliss-reactive ketones (excluding diaryl/α,β-unsaturated/α-hetero) is 1. The molecule has 2 aliphatic carbocycles. The summed E-state index contributed by atoms with van der Waals surface area (Å²) in [6.45, 7) is 0. The Morgan fingerprint density at radius 2 is 2.00 bits per heavy atom. The second kappa shape index (κ2) is 5.69. The van der Waals surface area contributed by atoms with E-state index in [2.05, 4.69) is 29.6 Å². The lowest BCUT2D eigenvalue weighted by atomic mass is 9.72. The van der Waals surface area contributed by atoms with Gasteiger partial charge in [0, 0.05) is 18.4 Å². The molecule has 2 nitrogen and oxygen atoms in total. The highest BCUT2D eigenvalue weighted by molar-refractivity contribution is 5.81. The molecule has 20 heavy (non-hydrogen) atoms. The van der Waals surface area contributed by atoms with Gasteiger partial charge in [-0.15, -0.1) is 0 Å². The van der Waals surface area contributed by atoms with Crippen LogP contribution in [0.15, 0.2) is 24.3 Å². The quantitative estimate of drug-likeness (QED) is 0.886. The third-order valence-corrected chi connectivity index (χ3v) is 5.31. The van der Waals surface area contributed by atoms with E-state index in [1.54, 1.807) is 0 Å². The third-order valence-electron chi connectivity index (χ3n) is 5.31. The molecule has 1 N–H and O–H groups in total. The number of rotatable bonds is 5. The maximum atomic E-state index is 12.4. The van der Waals surface area contributed by atoms with Crippen LogP contribution >= 0.6 is 0 Å². The molecule has 1 unspecified atom stereocenters. The molecular formula is C18H25NO. The summed E-state index contributed by atoms with van der Waals surface area (Å²) in [6.07, 6.45) is 8.73. The summed E-state index contributed by atoms with van der Waals surface area (Å²) in [5.74, 6) is 0.928. The van der Waals surface area contributed by atoms with E-state index in [9.17, 15) is 4.79 Å². The van der Waals surface area contributed by atoms with Gasteiger partial charge in [0.15, 0.2) is 0 Å². The van der Waals surface area contributed by atoms with E-state index >= 15 is 0 Å². The molecule has 0 bridgehead atoms. The summed E-state index contributed by atoms with van der Waals surface area (Å²) >= 11 is 0. The molecule has 1 fully saturated rings. The monoisotopic (exact) mass is 271 g/mol. The molecule has 108 valence electrons. The first-order valence-electron chi connectivity index (χ1n) is 8.01. The molecule has 1 atom stereocenters. The van der Waals surface area contributed by atoms with Gasteiger partial charge < -0.3 is 5.32 Å². The van der Waals surface area contributed by atoms with Crippen molar-refractivity contribution in [2.24, 2.45) is 0 Å². The van der Waals surface area contributed by atoms with Gasteiger partial charge in [0.05, 0.1) is 0 Å². The van der Waals surface area contributed by atoms with Crippen molar-refractivity contribution < 1.29 is 4.79 Å². The topological polar surface area (TPSA) is 29.1 Å². The molecule has 0 spiro atoms. The first-order valence-corrected chi connectivity index (χ1v) is 8.01. The Bertz CT molecular complexity index is 488. The van der Waals surface area contributed by atoms with E-state index in [0.29, 0.717) is 11.7 Å². The third kappa shape index (κ3) is 2.67. The molecule has 1 aromatic carbocycles. The molecule has 0 amide bonds. The number of hydrogen-bond acceptors (Lipinski definition) is 2. The first-order chi connectivity index (χ1) is 9.72. The van der Waals surface area contributed by atoms with Crippen molar-refractivity contribution in [1.29, 1.82) is 0 Å². The summed E-state index contributed by atoms with van der Waals surface area (Å²) in [7, 11) is 2.03. The number of ketones is 1. The minimum atomic E-state index is 0.0958. The van der Waals surface area contributed by atoms with Gasteiger partial charge >= 0.3 is 0 Å². The van der Waals surface area contributed by atoms with Crippen LogP contribution in [0.3, 0.4) is 0 Å². The smallest absolute Gasteiger partial charge is 0.135 e. The molecule has 3 rings (SSSR count). The van der Waals surface area contributed by atoms with Gasteiger partial charge in [0.25, 0.3) is 0 Å². The summed E-state index contributed by atoms with van der Waals surface area (Å²) in [5, 5.41) is 3.46. The molecule has 0 radical (unpaired) electrons. The summed E-state index contributed by atoms with van der Waals surface area (Å²) in [6, 6.07) is 8.55. The molecule has 0 heterocycles. The Hall–Kier alpha value is -1.15. The molecular weight excluding hydrogens is 246 g/mol. The summed E-state index contributed by atoms with van der Waals surface area (Å²) in [4.78, 5) is 12.4. The van der Waals surface area contributed by atoms with E-state index in [1.807, 2.05) is 7.05 Å². The number of carbonyl (C=O) groups is 1. The zero-order chi connectivity index (χ0) is 14.0. The van der Waals surface area contributed by atoms with Gasteiger partial charge in [-0.3, -0.25) is 4.79 Å². The van der Waals surface area contributed by atoms with Crippen LogP contribution < -0.4 is 5.32 Å².